The minimum Gasteiger partial charge on any atom is -0.342 e. The largest absolute Gasteiger partial charge is 0.342 e. The van der Waals surface area contributed by atoms with Crippen LogP contribution in [0.2, 0.25) is 0 Å². The summed E-state index contributed by atoms with van der Waals surface area (Å²) in [5.41, 5.74) is 0. The van der Waals surface area contributed by atoms with Crippen LogP contribution in [0.1, 0.15) is 44.9 Å². The van der Waals surface area contributed by atoms with E-state index < -0.39 is 0 Å². The highest BCUT2D eigenvalue weighted by Gasteiger charge is 2.17. The van der Waals surface area contributed by atoms with Crippen molar-refractivity contribution in [3.05, 3.63) is 0 Å². The maximum absolute atomic E-state index is 11.7. The number of carbonyl (C=O) groups is 1. The van der Waals surface area contributed by atoms with Crippen LogP contribution in [0.5, 0.6) is 0 Å². The Balaban J connectivity index is 1.51. The fraction of sp³-hybridized carbons (Fsp3) is 0.923. The molecule has 0 aromatic carbocycles. The Bertz CT molecular complexity index is 218. The Labute approximate surface area is 98.6 Å². The molecule has 0 atom stereocenters. The molecule has 2 fully saturated rings. The third kappa shape index (κ3) is 3.48. The molecule has 3 heteroatoms. The van der Waals surface area contributed by atoms with Crippen LogP contribution < -0.4 is 5.32 Å². The van der Waals surface area contributed by atoms with Crippen molar-refractivity contribution in [2.75, 3.05) is 26.2 Å². The molecular weight excluding hydrogens is 200 g/mol. The summed E-state index contributed by atoms with van der Waals surface area (Å²) in [4.78, 5) is 13.7. The lowest BCUT2D eigenvalue weighted by Crippen LogP contribution is -2.36. The van der Waals surface area contributed by atoms with Gasteiger partial charge in [0.1, 0.15) is 0 Å². The predicted octanol–water partition coefficient (Wildman–Crippen LogP) is 1.78. The second kappa shape index (κ2) is 6.24. The first-order chi connectivity index (χ1) is 7.86. The molecule has 1 heterocycles. The smallest absolute Gasteiger partial charge is 0.236 e. The van der Waals surface area contributed by atoms with Crippen molar-refractivity contribution in [3.8, 4) is 0 Å². The molecule has 2 rings (SSSR count). The van der Waals surface area contributed by atoms with Gasteiger partial charge in [0.2, 0.25) is 5.91 Å². The molecule has 2 aliphatic rings. The van der Waals surface area contributed by atoms with Crippen molar-refractivity contribution in [1.82, 2.24) is 10.2 Å². The first-order valence-corrected chi connectivity index (χ1v) is 6.85. The molecule has 3 nitrogen and oxygen atoms in total. The Hall–Kier alpha value is -0.570. The van der Waals surface area contributed by atoms with Gasteiger partial charge in [0.15, 0.2) is 0 Å². The summed E-state index contributed by atoms with van der Waals surface area (Å²) in [6, 6.07) is 0. The second-order valence-electron chi connectivity index (χ2n) is 5.20. The average Bonchev–Trinajstić information content (AvgIpc) is 2.96. The number of amides is 1. The molecule has 0 spiro atoms. The van der Waals surface area contributed by atoms with E-state index in [1.807, 2.05) is 4.90 Å². The summed E-state index contributed by atoms with van der Waals surface area (Å²) in [7, 11) is 0. The van der Waals surface area contributed by atoms with E-state index in [0.29, 0.717) is 12.5 Å². The number of hydrogen-bond acceptors (Lipinski definition) is 2. The van der Waals surface area contributed by atoms with Crippen LogP contribution in [0, 0.1) is 5.92 Å². The monoisotopic (exact) mass is 224 g/mol. The van der Waals surface area contributed by atoms with Crippen LogP contribution in [0.25, 0.3) is 0 Å². The van der Waals surface area contributed by atoms with Crippen LogP contribution >= 0.6 is 0 Å². The SMILES string of the molecule is O=C(CNCCC1CCCC1)N1CCCC1. The number of nitrogens with one attached hydrogen (secondary N) is 1. The topological polar surface area (TPSA) is 32.3 Å². The molecule has 0 unspecified atom stereocenters. The lowest BCUT2D eigenvalue weighted by atomic mass is 10.0. The van der Waals surface area contributed by atoms with E-state index in [4.69, 9.17) is 0 Å². The van der Waals surface area contributed by atoms with Gasteiger partial charge in [-0.2, -0.15) is 0 Å². The first kappa shape index (κ1) is 11.9. The third-order valence-electron chi connectivity index (χ3n) is 3.94. The van der Waals surface area contributed by atoms with Gasteiger partial charge in [-0.25, -0.2) is 0 Å². The van der Waals surface area contributed by atoms with E-state index in [-0.39, 0.29) is 0 Å². The average molecular weight is 224 g/mol. The lowest BCUT2D eigenvalue weighted by Gasteiger charge is -2.16. The van der Waals surface area contributed by atoms with Crippen molar-refractivity contribution < 1.29 is 4.79 Å². The Kier molecular flexibility index (Phi) is 4.64. The van der Waals surface area contributed by atoms with Crippen LogP contribution in [-0.2, 0) is 4.79 Å². The van der Waals surface area contributed by atoms with Gasteiger partial charge in [0.05, 0.1) is 6.54 Å². The van der Waals surface area contributed by atoms with E-state index >= 15 is 0 Å². The highest BCUT2D eigenvalue weighted by Crippen LogP contribution is 2.26. The van der Waals surface area contributed by atoms with E-state index in [1.54, 1.807) is 0 Å². The summed E-state index contributed by atoms with van der Waals surface area (Å²) in [6.07, 6.45) is 9.27. The molecule has 1 aliphatic heterocycles. The minimum atomic E-state index is 0.295. The van der Waals surface area contributed by atoms with E-state index in [0.717, 1.165) is 25.6 Å². The van der Waals surface area contributed by atoms with Gasteiger partial charge in [-0.3, -0.25) is 4.79 Å². The van der Waals surface area contributed by atoms with Gasteiger partial charge in [0.25, 0.3) is 0 Å². The quantitative estimate of drug-likeness (QED) is 0.722. The number of rotatable bonds is 5. The molecule has 1 N–H and O–H groups in total. The second-order valence-corrected chi connectivity index (χ2v) is 5.20. The molecule has 1 saturated heterocycles. The maximum atomic E-state index is 11.7. The first-order valence-electron chi connectivity index (χ1n) is 6.85. The van der Waals surface area contributed by atoms with Gasteiger partial charge < -0.3 is 10.2 Å². The van der Waals surface area contributed by atoms with Crippen molar-refractivity contribution in [2.24, 2.45) is 5.92 Å². The summed E-state index contributed by atoms with van der Waals surface area (Å²) < 4.78 is 0. The van der Waals surface area contributed by atoms with Crippen molar-refractivity contribution in [3.63, 3.8) is 0 Å². The van der Waals surface area contributed by atoms with Crippen LogP contribution in [0.3, 0.4) is 0 Å². The van der Waals surface area contributed by atoms with Gasteiger partial charge in [-0.1, -0.05) is 25.7 Å². The normalized spacial score (nSPS) is 21.9. The highest BCUT2D eigenvalue weighted by molar-refractivity contribution is 5.78. The minimum absolute atomic E-state index is 0.295. The van der Waals surface area contributed by atoms with E-state index in [9.17, 15) is 4.79 Å². The molecule has 1 saturated carbocycles. The van der Waals surface area contributed by atoms with Crippen molar-refractivity contribution in [1.29, 1.82) is 0 Å². The highest BCUT2D eigenvalue weighted by atomic mass is 16.2. The molecular formula is C13H24N2O. The zero-order valence-electron chi connectivity index (χ0n) is 10.2. The Morgan fingerprint density at radius 1 is 1.12 bits per heavy atom. The number of nitrogens with zero attached hydrogens (tertiary/aromatic N) is 1. The van der Waals surface area contributed by atoms with Crippen molar-refractivity contribution in [2.45, 2.75) is 44.9 Å². The van der Waals surface area contributed by atoms with E-state index in [2.05, 4.69) is 5.32 Å². The number of likely N-dealkylation sites (tertiary alicyclic amines) is 1. The lowest BCUT2D eigenvalue weighted by molar-refractivity contribution is -0.129. The zero-order chi connectivity index (χ0) is 11.2. The van der Waals surface area contributed by atoms with Crippen molar-refractivity contribution >= 4 is 5.91 Å². The predicted molar refractivity (Wildman–Crippen MR) is 65.3 cm³/mol. The zero-order valence-corrected chi connectivity index (χ0v) is 10.2. The summed E-state index contributed by atoms with van der Waals surface area (Å²) in [5.74, 6) is 1.22. The standard InChI is InChI=1S/C13H24N2O/c16-13(15-9-3-4-10-15)11-14-8-7-12-5-1-2-6-12/h12,14H,1-11H2. The van der Waals surface area contributed by atoms with Crippen LogP contribution in [0.4, 0.5) is 0 Å². The fourth-order valence-corrected chi connectivity index (χ4v) is 2.88. The molecule has 0 aromatic heterocycles. The van der Waals surface area contributed by atoms with Gasteiger partial charge in [-0.05, 0) is 31.7 Å². The number of hydrogen-bond donors (Lipinski definition) is 1. The fourth-order valence-electron chi connectivity index (χ4n) is 2.88. The number of carbonyl (C=O) groups excluding carboxylic acids is 1. The Morgan fingerprint density at radius 2 is 1.81 bits per heavy atom. The van der Waals surface area contributed by atoms with Crippen LogP contribution in [0.15, 0.2) is 0 Å². The summed E-state index contributed by atoms with van der Waals surface area (Å²) >= 11 is 0. The van der Waals surface area contributed by atoms with Gasteiger partial charge >= 0.3 is 0 Å². The summed E-state index contributed by atoms with van der Waals surface area (Å²) in [5, 5.41) is 3.30. The van der Waals surface area contributed by atoms with E-state index in [1.165, 1.54) is 44.9 Å². The molecule has 1 aliphatic carbocycles. The molecule has 16 heavy (non-hydrogen) atoms. The maximum Gasteiger partial charge on any atom is 0.236 e. The van der Waals surface area contributed by atoms with Gasteiger partial charge in [-0.15, -0.1) is 0 Å². The molecule has 0 aromatic rings. The molecule has 92 valence electrons. The third-order valence-corrected chi connectivity index (χ3v) is 3.94. The summed E-state index contributed by atoms with van der Waals surface area (Å²) in [6.45, 7) is 3.52. The molecule has 0 bridgehead atoms. The molecule has 1 amide bonds. The Morgan fingerprint density at radius 3 is 2.50 bits per heavy atom. The molecule has 0 radical (unpaired) electrons. The van der Waals surface area contributed by atoms with Crippen LogP contribution in [-0.4, -0.2) is 37.0 Å². The van der Waals surface area contributed by atoms with Gasteiger partial charge in [0, 0.05) is 13.1 Å².